The van der Waals surface area contributed by atoms with Gasteiger partial charge in [-0.1, -0.05) is 0 Å². The van der Waals surface area contributed by atoms with E-state index in [2.05, 4.69) is 20.2 Å². The minimum atomic E-state index is -0.939. The number of fused-ring (bicyclic) bond motifs is 1. The smallest absolute Gasteiger partial charge is 0.186 e. The third-order valence-corrected chi connectivity index (χ3v) is 2.63. The normalized spacial score (nSPS) is 11.2. The fourth-order valence-corrected chi connectivity index (χ4v) is 1.73. The van der Waals surface area contributed by atoms with Gasteiger partial charge in [0, 0.05) is 5.69 Å². The highest BCUT2D eigenvalue weighted by atomic mass is 19.2. The Hall–Kier alpha value is -2.24. The van der Waals surface area contributed by atoms with Crippen molar-refractivity contribution in [3.63, 3.8) is 0 Å². The van der Waals surface area contributed by atoms with E-state index in [1.165, 1.54) is 6.07 Å². The third kappa shape index (κ3) is 1.41. The van der Waals surface area contributed by atoms with Crippen molar-refractivity contribution >= 4 is 11.0 Å². The maximum Gasteiger partial charge on any atom is 0.186 e. The molecule has 0 atom stereocenters. The number of hydrogen-bond acceptors (Lipinski definition) is 2. The second-order valence-corrected chi connectivity index (χ2v) is 3.75. The first-order valence-electron chi connectivity index (χ1n) is 5.01. The van der Waals surface area contributed by atoms with Gasteiger partial charge in [-0.2, -0.15) is 5.10 Å². The molecule has 0 saturated carbocycles. The molecule has 0 radical (unpaired) electrons. The topological polar surface area (TPSA) is 57.4 Å². The zero-order valence-electron chi connectivity index (χ0n) is 8.88. The number of H-pyrrole nitrogens is 2. The molecule has 17 heavy (non-hydrogen) atoms. The highest BCUT2D eigenvalue weighted by Crippen LogP contribution is 2.24. The van der Waals surface area contributed by atoms with Gasteiger partial charge in [0.2, 0.25) is 0 Å². The molecule has 3 rings (SSSR count). The van der Waals surface area contributed by atoms with Crippen LogP contribution in [0.3, 0.4) is 0 Å². The van der Waals surface area contributed by atoms with Gasteiger partial charge in [-0.05, 0) is 19.1 Å². The van der Waals surface area contributed by atoms with Gasteiger partial charge in [0.25, 0.3) is 0 Å². The van der Waals surface area contributed by atoms with Crippen LogP contribution in [0.25, 0.3) is 22.4 Å². The number of rotatable bonds is 1. The van der Waals surface area contributed by atoms with Crippen LogP contribution in [0.2, 0.25) is 0 Å². The van der Waals surface area contributed by atoms with E-state index in [0.717, 1.165) is 17.3 Å². The Bertz CT molecular complexity index is 699. The molecule has 0 saturated heterocycles. The van der Waals surface area contributed by atoms with E-state index < -0.39 is 11.6 Å². The summed E-state index contributed by atoms with van der Waals surface area (Å²) < 4.78 is 26.5. The average Bonchev–Trinajstić information content (AvgIpc) is 2.89. The minimum Gasteiger partial charge on any atom is -0.338 e. The Kier molecular flexibility index (Phi) is 1.98. The summed E-state index contributed by atoms with van der Waals surface area (Å²) in [6, 6.07) is 2.53. The Morgan fingerprint density at radius 1 is 1.24 bits per heavy atom. The Morgan fingerprint density at radius 3 is 2.76 bits per heavy atom. The van der Waals surface area contributed by atoms with Gasteiger partial charge in [0.15, 0.2) is 11.6 Å². The fraction of sp³-hybridized carbons (Fsp3) is 0.0909. The van der Waals surface area contributed by atoms with Gasteiger partial charge in [0.05, 0.1) is 17.3 Å². The molecular formula is C11H8F2N4. The minimum absolute atomic E-state index is 0.000556. The monoisotopic (exact) mass is 234 g/mol. The quantitative estimate of drug-likeness (QED) is 0.679. The van der Waals surface area contributed by atoms with Crippen LogP contribution in [-0.4, -0.2) is 20.2 Å². The van der Waals surface area contributed by atoms with E-state index in [4.69, 9.17) is 0 Å². The highest BCUT2D eigenvalue weighted by molar-refractivity contribution is 5.80. The summed E-state index contributed by atoms with van der Waals surface area (Å²) in [5, 5.41) is 6.62. The predicted molar refractivity (Wildman–Crippen MR) is 58.3 cm³/mol. The molecule has 0 spiro atoms. The molecule has 0 aliphatic heterocycles. The van der Waals surface area contributed by atoms with Gasteiger partial charge >= 0.3 is 0 Å². The van der Waals surface area contributed by atoms with Crippen molar-refractivity contribution in [2.75, 3.05) is 0 Å². The van der Waals surface area contributed by atoms with Gasteiger partial charge in [0.1, 0.15) is 11.3 Å². The summed E-state index contributed by atoms with van der Waals surface area (Å²) in [6.45, 7) is 1.83. The number of aromatic amines is 2. The standard InChI is InChI=1S/C11H8F2N4/c1-5-6(4-14-17-5)11-15-8-3-2-7(12)9(13)10(8)16-11/h2-4H,1H3,(H,14,17)(H,15,16). The van der Waals surface area contributed by atoms with Crippen molar-refractivity contribution in [3.05, 3.63) is 35.7 Å². The number of hydrogen-bond donors (Lipinski definition) is 2. The maximum atomic E-state index is 13.5. The van der Waals surface area contributed by atoms with E-state index in [0.29, 0.717) is 11.3 Å². The average molecular weight is 234 g/mol. The van der Waals surface area contributed by atoms with E-state index in [1.807, 2.05) is 6.92 Å². The summed E-state index contributed by atoms with van der Waals surface area (Å²) >= 11 is 0. The molecule has 86 valence electrons. The van der Waals surface area contributed by atoms with Crippen molar-refractivity contribution in [1.82, 2.24) is 20.2 Å². The van der Waals surface area contributed by atoms with Crippen LogP contribution in [0.15, 0.2) is 18.3 Å². The van der Waals surface area contributed by atoms with Crippen molar-refractivity contribution in [1.29, 1.82) is 0 Å². The molecule has 3 aromatic rings. The van der Waals surface area contributed by atoms with E-state index in [-0.39, 0.29) is 5.52 Å². The third-order valence-electron chi connectivity index (χ3n) is 2.63. The number of imidazole rings is 1. The lowest BCUT2D eigenvalue weighted by Crippen LogP contribution is -1.84. The zero-order valence-corrected chi connectivity index (χ0v) is 8.88. The molecule has 2 heterocycles. The first kappa shape index (κ1) is 9.95. The van der Waals surface area contributed by atoms with Crippen LogP contribution in [-0.2, 0) is 0 Å². The lowest BCUT2D eigenvalue weighted by molar-refractivity contribution is 0.515. The van der Waals surface area contributed by atoms with Crippen molar-refractivity contribution in [2.24, 2.45) is 0 Å². The molecule has 0 aliphatic rings. The van der Waals surface area contributed by atoms with E-state index in [9.17, 15) is 8.78 Å². The number of aromatic nitrogens is 4. The summed E-state index contributed by atoms with van der Waals surface area (Å²) in [6.07, 6.45) is 1.58. The molecule has 0 aliphatic carbocycles. The number of nitrogens with zero attached hydrogens (tertiary/aromatic N) is 2. The van der Waals surface area contributed by atoms with Gasteiger partial charge in [-0.15, -0.1) is 0 Å². The fourth-order valence-electron chi connectivity index (χ4n) is 1.73. The second-order valence-electron chi connectivity index (χ2n) is 3.75. The lowest BCUT2D eigenvalue weighted by atomic mass is 10.2. The molecule has 6 heteroatoms. The van der Waals surface area contributed by atoms with Crippen LogP contribution < -0.4 is 0 Å². The van der Waals surface area contributed by atoms with Crippen LogP contribution in [0.1, 0.15) is 5.69 Å². The SMILES string of the molecule is Cc1[nH]ncc1-c1nc2c(F)c(F)ccc2[nH]1. The second kappa shape index (κ2) is 3.38. The molecule has 0 unspecified atom stereocenters. The molecule has 0 bridgehead atoms. The molecule has 0 fully saturated rings. The van der Waals surface area contributed by atoms with E-state index in [1.54, 1.807) is 6.20 Å². The predicted octanol–water partition coefficient (Wildman–Crippen LogP) is 2.54. The van der Waals surface area contributed by atoms with Gasteiger partial charge in [-0.3, -0.25) is 5.10 Å². The van der Waals surface area contributed by atoms with Crippen LogP contribution in [0.4, 0.5) is 8.78 Å². The Balaban J connectivity index is 2.27. The number of halogens is 2. The largest absolute Gasteiger partial charge is 0.338 e. The van der Waals surface area contributed by atoms with Crippen molar-refractivity contribution in [2.45, 2.75) is 6.92 Å². The summed E-state index contributed by atoms with van der Waals surface area (Å²) in [7, 11) is 0. The van der Waals surface area contributed by atoms with Gasteiger partial charge in [-0.25, -0.2) is 13.8 Å². The maximum absolute atomic E-state index is 13.5. The first-order valence-corrected chi connectivity index (χ1v) is 5.01. The highest BCUT2D eigenvalue weighted by Gasteiger charge is 2.14. The number of benzene rings is 1. The number of aryl methyl sites for hydroxylation is 1. The first-order chi connectivity index (χ1) is 8.16. The van der Waals surface area contributed by atoms with Crippen molar-refractivity contribution in [3.8, 4) is 11.4 Å². The lowest BCUT2D eigenvalue weighted by Gasteiger charge is -1.91. The molecule has 4 nitrogen and oxygen atoms in total. The molecule has 2 N–H and O–H groups in total. The Labute approximate surface area is 94.7 Å². The summed E-state index contributed by atoms with van der Waals surface area (Å²) in [5.74, 6) is -1.37. The summed E-state index contributed by atoms with van der Waals surface area (Å²) in [4.78, 5) is 6.97. The molecular weight excluding hydrogens is 226 g/mol. The summed E-state index contributed by atoms with van der Waals surface area (Å²) in [5.41, 5.74) is 2.01. The molecule has 0 amide bonds. The zero-order chi connectivity index (χ0) is 12.0. The van der Waals surface area contributed by atoms with Crippen molar-refractivity contribution < 1.29 is 8.78 Å². The van der Waals surface area contributed by atoms with Crippen LogP contribution >= 0.6 is 0 Å². The molecule has 2 aromatic heterocycles. The van der Waals surface area contributed by atoms with Crippen LogP contribution in [0, 0.1) is 18.6 Å². The van der Waals surface area contributed by atoms with Gasteiger partial charge < -0.3 is 4.98 Å². The van der Waals surface area contributed by atoms with E-state index >= 15 is 0 Å². The molecule has 1 aromatic carbocycles. The Morgan fingerprint density at radius 2 is 2.06 bits per heavy atom. The number of nitrogens with one attached hydrogen (secondary N) is 2. The van der Waals surface area contributed by atoms with Crippen LogP contribution in [0.5, 0.6) is 0 Å².